The van der Waals surface area contributed by atoms with E-state index in [2.05, 4.69) is 35.5 Å². The first-order valence-corrected chi connectivity index (χ1v) is 7.49. The Balaban J connectivity index is 2.02. The lowest BCUT2D eigenvalue weighted by molar-refractivity contribution is 0.471. The van der Waals surface area contributed by atoms with Crippen molar-refractivity contribution < 1.29 is 0 Å². The maximum atomic E-state index is 6.06. The van der Waals surface area contributed by atoms with Crippen LogP contribution < -0.4 is 5.32 Å². The number of halogens is 1. The molecule has 4 heteroatoms. The van der Waals surface area contributed by atoms with E-state index in [4.69, 9.17) is 11.6 Å². The molecule has 1 aromatic carbocycles. The molecule has 108 valence electrons. The van der Waals surface area contributed by atoms with Crippen LogP contribution in [0.4, 0.5) is 0 Å². The zero-order valence-corrected chi connectivity index (χ0v) is 12.9. The first-order chi connectivity index (χ1) is 9.67. The van der Waals surface area contributed by atoms with Gasteiger partial charge in [-0.3, -0.25) is 4.68 Å². The third-order valence-electron chi connectivity index (χ3n) is 3.36. The smallest absolute Gasteiger partial charge is 0.0627 e. The fourth-order valence-corrected chi connectivity index (χ4v) is 2.64. The van der Waals surface area contributed by atoms with Gasteiger partial charge in [0.05, 0.1) is 5.69 Å². The highest BCUT2D eigenvalue weighted by Crippen LogP contribution is 2.17. The quantitative estimate of drug-likeness (QED) is 0.849. The van der Waals surface area contributed by atoms with E-state index < -0.39 is 0 Å². The van der Waals surface area contributed by atoms with E-state index in [-0.39, 0.29) is 0 Å². The van der Waals surface area contributed by atoms with Crippen molar-refractivity contribution >= 4 is 11.6 Å². The van der Waals surface area contributed by atoms with Crippen molar-refractivity contribution in [3.8, 4) is 0 Å². The molecule has 0 saturated carbocycles. The molecule has 0 aliphatic rings. The second kappa shape index (κ2) is 7.46. The summed E-state index contributed by atoms with van der Waals surface area (Å²) in [7, 11) is 1.96. The maximum Gasteiger partial charge on any atom is 0.0627 e. The van der Waals surface area contributed by atoms with Gasteiger partial charge in [-0.1, -0.05) is 30.7 Å². The van der Waals surface area contributed by atoms with E-state index in [9.17, 15) is 0 Å². The zero-order valence-electron chi connectivity index (χ0n) is 12.1. The molecule has 0 radical (unpaired) electrons. The number of aryl methyl sites for hydroxylation is 1. The Kier molecular flexibility index (Phi) is 5.62. The normalized spacial score (nSPS) is 12.6. The number of hydrogen-bond acceptors (Lipinski definition) is 2. The Morgan fingerprint density at radius 1 is 1.30 bits per heavy atom. The Morgan fingerprint density at radius 2 is 2.15 bits per heavy atom. The molecule has 0 amide bonds. The monoisotopic (exact) mass is 291 g/mol. The van der Waals surface area contributed by atoms with Gasteiger partial charge in [0.15, 0.2) is 0 Å². The number of nitrogens with zero attached hydrogens (tertiary/aromatic N) is 2. The van der Waals surface area contributed by atoms with Crippen LogP contribution in [0.3, 0.4) is 0 Å². The number of nitrogens with one attached hydrogen (secondary N) is 1. The molecule has 0 aliphatic heterocycles. The Morgan fingerprint density at radius 3 is 2.80 bits per heavy atom. The fraction of sp³-hybridized carbons (Fsp3) is 0.438. The zero-order chi connectivity index (χ0) is 14.4. The summed E-state index contributed by atoms with van der Waals surface area (Å²) in [6.07, 6.45) is 4.00. The molecule has 1 heterocycles. The highest BCUT2D eigenvalue weighted by atomic mass is 35.5. The lowest BCUT2D eigenvalue weighted by Crippen LogP contribution is -2.25. The van der Waals surface area contributed by atoms with Crippen LogP contribution in [-0.2, 0) is 19.9 Å². The minimum atomic E-state index is 0.531. The van der Waals surface area contributed by atoms with Crippen LogP contribution in [0.25, 0.3) is 0 Å². The molecular weight excluding hydrogens is 270 g/mol. The Bertz CT molecular complexity index is 536. The second-order valence-corrected chi connectivity index (χ2v) is 5.63. The van der Waals surface area contributed by atoms with E-state index in [1.807, 2.05) is 30.1 Å². The number of aromatic nitrogens is 2. The van der Waals surface area contributed by atoms with Gasteiger partial charge in [0.1, 0.15) is 0 Å². The Labute approximate surface area is 126 Å². The molecule has 1 unspecified atom stereocenters. The van der Waals surface area contributed by atoms with Crippen LogP contribution in [0, 0.1) is 5.92 Å². The molecule has 0 saturated heterocycles. The van der Waals surface area contributed by atoms with Crippen molar-refractivity contribution in [1.29, 1.82) is 0 Å². The topological polar surface area (TPSA) is 29.9 Å². The van der Waals surface area contributed by atoms with Gasteiger partial charge in [-0.25, -0.2) is 0 Å². The van der Waals surface area contributed by atoms with Crippen molar-refractivity contribution in [3.05, 3.63) is 52.8 Å². The number of benzene rings is 1. The second-order valence-electron chi connectivity index (χ2n) is 5.19. The standard InChI is InChI=1S/C16H22ClN3/c1-3-18-12-14(11-16-7-8-20(2)19-16)9-13-5-4-6-15(17)10-13/h4-8,10,14,18H,3,9,11-12H2,1-2H3. The minimum Gasteiger partial charge on any atom is -0.317 e. The SMILES string of the molecule is CCNCC(Cc1cccc(Cl)c1)Cc1ccn(C)n1. The van der Waals surface area contributed by atoms with Crippen LogP contribution in [0.5, 0.6) is 0 Å². The number of rotatable bonds is 7. The predicted molar refractivity (Wildman–Crippen MR) is 84.1 cm³/mol. The molecule has 0 bridgehead atoms. The predicted octanol–water partition coefficient (Wildman–Crippen LogP) is 3.08. The minimum absolute atomic E-state index is 0.531. The number of hydrogen-bond donors (Lipinski definition) is 1. The van der Waals surface area contributed by atoms with E-state index >= 15 is 0 Å². The molecule has 2 aromatic rings. The summed E-state index contributed by atoms with van der Waals surface area (Å²) in [5.41, 5.74) is 2.44. The van der Waals surface area contributed by atoms with Gasteiger partial charge in [0, 0.05) is 18.3 Å². The van der Waals surface area contributed by atoms with Gasteiger partial charge in [-0.2, -0.15) is 5.10 Å². The van der Waals surface area contributed by atoms with Gasteiger partial charge >= 0.3 is 0 Å². The van der Waals surface area contributed by atoms with Crippen molar-refractivity contribution in [2.24, 2.45) is 13.0 Å². The summed E-state index contributed by atoms with van der Waals surface area (Å²) < 4.78 is 1.86. The average molecular weight is 292 g/mol. The van der Waals surface area contributed by atoms with Crippen molar-refractivity contribution in [2.45, 2.75) is 19.8 Å². The fourth-order valence-electron chi connectivity index (χ4n) is 2.43. The van der Waals surface area contributed by atoms with Gasteiger partial charge in [-0.05, 0) is 55.6 Å². The molecule has 0 fully saturated rings. The van der Waals surface area contributed by atoms with Gasteiger partial charge in [0.25, 0.3) is 0 Å². The summed E-state index contributed by atoms with van der Waals surface area (Å²) in [5, 5.41) is 8.73. The third-order valence-corrected chi connectivity index (χ3v) is 3.60. The first-order valence-electron chi connectivity index (χ1n) is 7.11. The van der Waals surface area contributed by atoms with Gasteiger partial charge in [0.2, 0.25) is 0 Å². The lowest BCUT2D eigenvalue weighted by Gasteiger charge is -2.16. The molecule has 2 rings (SSSR count). The third kappa shape index (κ3) is 4.66. The largest absolute Gasteiger partial charge is 0.317 e. The average Bonchev–Trinajstić information content (AvgIpc) is 2.81. The van der Waals surface area contributed by atoms with E-state index in [0.29, 0.717) is 5.92 Å². The lowest BCUT2D eigenvalue weighted by atomic mass is 9.94. The van der Waals surface area contributed by atoms with Gasteiger partial charge in [-0.15, -0.1) is 0 Å². The molecule has 3 nitrogen and oxygen atoms in total. The van der Waals surface area contributed by atoms with E-state index in [1.54, 1.807) is 0 Å². The summed E-state index contributed by atoms with van der Waals surface area (Å²) >= 11 is 6.06. The Hall–Kier alpha value is -1.32. The molecular formula is C16H22ClN3. The van der Waals surface area contributed by atoms with Crippen LogP contribution >= 0.6 is 11.6 Å². The van der Waals surface area contributed by atoms with Gasteiger partial charge < -0.3 is 5.32 Å². The first kappa shape index (κ1) is 15.1. The summed E-state index contributed by atoms with van der Waals surface area (Å²) in [6.45, 7) is 4.13. The summed E-state index contributed by atoms with van der Waals surface area (Å²) in [5.74, 6) is 0.531. The highest BCUT2D eigenvalue weighted by Gasteiger charge is 2.12. The van der Waals surface area contributed by atoms with Crippen LogP contribution in [-0.4, -0.2) is 22.9 Å². The van der Waals surface area contributed by atoms with Crippen molar-refractivity contribution in [3.63, 3.8) is 0 Å². The molecule has 20 heavy (non-hydrogen) atoms. The van der Waals surface area contributed by atoms with Crippen LogP contribution in [0.15, 0.2) is 36.5 Å². The van der Waals surface area contributed by atoms with E-state index in [1.165, 1.54) is 5.56 Å². The molecule has 1 aromatic heterocycles. The summed E-state index contributed by atoms with van der Waals surface area (Å²) in [6, 6.07) is 10.2. The van der Waals surface area contributed by atoms with Crippen LogP contribution in [0.2, 0.25) is 5.02 Å². The molecule has 1 atom stereocenters. The molecule has 0 spiro atoms. The van der Waals surface area contributed by atoms with Crippen molar-refractivity contribution in [2.75, 3.05) is 13.1 Å². The molecule has 0 aliphatic carbocycles. The maximum absolute atomic E-state index is 6.06. The summed E-state index contributed by atoms with van der Waals surface area (Å²) in [4.78, 5) is 0. The molecule has 1 N–H and O–H groups in total. The highest BCUT2D eigenvalue weighted by molar-refractivity contribution is 6.30. The van der Waals surface area contributed by atoms with Crippen molar-refractivity contribution in [1.82, 2.24) is 15.1 Å². The van der Waals surface area contributed by atoms with Crippen LogP contribution in [0.1, 0.15) is 18.2 Å². The van der Waals surface area contributed by atoms with E-state index in [0.717, 1.165) is 36.6 Å².